The Morgan fingerprint density at radius 2 is 1.15 bits per heavy atom. The van der Waals surface area contributed by atoms with Gasteiger partial charge in [0.2, 0.25) is 29.8 Å². The monoisotopic (exact) mass is 634 g/mol. The molecule has 6 rings (SSSR count). The van der Waals surface area contributed by atoms with Gasteiger partial charge in [-0.2, -0.15) is 30.0 Å². The highest BCUT2D eigenvalue weighted by Gasteiger charge is 2.35. The fraction of sp³-hybridized carbons (Fsp3) is 0.273. The second-order valence-electron chi connectivity index (χ2n) is 10.8. The minimum atomic E-state index is -0.370. The van der Waals surface area contributed by atoms with Gasteiger partial charge in [-0.25, -0.2) is 14.5 Å². The summed E-state index contributed by atoms with van der Waals surface area (Å²) in [5, 5.41) is 6.36. The number of hydrogen-bond acceptors (Lipinski definition) is 13. The van der Waals surface area contributed by atoms with Gasteiger partial charge in [0, 0.05) is 24.6 Å². The number of rotatable bonds is 11. The smallest absolute Gasteiger partial charge is 0.338 e. The van der Waals surface area contributed by atoms with E-state index in [0.29, 0.717) is 41.6 Å². The van der Waals surface area contributed by atoms with E-state index >= 15 is 0 Å². The lowest BCUT2D eigenvalue weighted by Gasteiger charge is -2.30. The Labute approximate surface area is 271 Å². The number of aliphatic imine (C=N–C) groups is 6. The summed E-state index contributed by atoms with van der Waals surface area (Å²) in [7, 11) is 1.90. The number of nitrogens with zero attached hydrogens (tertiary/aromatic N) is 8. The third-order valence-corrected chi connectivity index (χ3v) is 7.22. The van der Waals surface area contributed by atoms with Crippen LogP contribution in [0.25, 0.3) is 0 Å². The number of nitrogens with one attached hydrogen (secondary N) is 2. The lowest BCUT2D eigenvalue weighted by Crippen LogP contribution is -2.49. The Morgan fingerprint density at radius 3 is 1.62 bits per heavy atom. The van der Waals surface area contributed by atoms with E-state index in [1.54, 1.807) is 53.4 Å². The van der Waals surface area contributed by atoms with Crippen molar-refractivity contribution in [2.75, 3.05) is 23.8 Å². The van der Waals surface area contributed by atoms with E-state index in [0.717, 1.165) is 31.4 Å². The van der Waals surface area contributed by atoms with Crippen LogP contribution in [0.5, 0.6) is 0 Å². The SMILES string of the molecule is CCCCOC(=O)c1ccc(NC2=NC3=NC(Nc4ccc(C(=O)OCCCC)cc4)=NC4=NC(c5cccn5C)=NC(=N2)N34)cc1. The molecule has 14 heteroatoms. The molecule has 0 saturated heterocycles. The van der Waals surface area contributed by atoms with Crippen molar-refractivity contribution in [3.63, 3.8) is 0 Å². The van der Waals surface area contributed by atoms with Gasteiger partial charge < -0.3 is 24.7 Å². The molecule has 0 saturated carbocycles. The number of hydrogen-bond donors (Lipinski definition) is 2. The van der Waals surface area contributed by atoms with Crippen LogP contribution < -0.4 is 10.6 Å². The fourth-order valence-corrected chi connectivity index (χ4v) is 4.63. The predicted octanol–water partition coefficient (Wildman–Crippen LogP) is 5.03. The van der Waals surface area contributed by atoms with E-state index in [1.165, 1.54) is 0 Å². The van der Waals surface area contributed by atoms with Crippen LogP contribution in [0, 0.1) is 0 Å². The quantitative estimate of drug-likeness (QED) is 0.221. The third kappa shape index (κ3) is 7.16. The number of anilines is 2. The number of carbonyl (C=O) groups excluding carboxylic acids is 2. The van der Waals surface area contributed by atoms with Crippen molar-refractivity contribution < 1.29 is 19.1 Å². The maximum absolute atomic E-state index is 12.3. The molecule has 3 aliphatic rings. The number of amidine groups is 1. The Morgan fingerprint density at radius 1 is 0.660 bits per heavy atom. The van der Waals surface area contributed by atoms with Crippen molar-refractivity contribution in [1.82, 2.24) is 9.47 Å². The van der Waals surface area contributed by atoms with Gasteiger partial charge in [-0.3, -0.25) is 0 Å². The van der Waals surface area contributed by atoms with Crippen LogP contribution in [-0.2, 0) is 16.5 Å². The molecule has 0 atom stereocenters. The number of aryl methyl sites for hydroxylation is 1. The van der Waals surface area contributed by atoms with Crippen molar-refractivity contribution in [3.05, 3.63) is 83.7 Å². The molecule has 3 aromatic rings. The van der Waals surface area contributed by atoms with E-state index in [2.05, 4.69) is 30.6 Å². The number of unbranched alkanes of at least 4 members (excludes halogenated alkanes) is 2. The second-order valence-corrected chi connectivity index (χ2v) is 10.8. The first-order valence-electron chi connectivity index (χ1n) is 15.4. The molecule has 0 unspecified atom stereocenters. The molecule has 1 aromatic heterocycles. The summed E-state index contributed by atoms with van der Waals surface area (Å²) in [6.07, 6.45) is 5.43. The molecule has 3 aliphatic heterocycles. The van der Waals surface area contributed by atoms with Gasteiger partial charge in [0.25, 0.3) is 0 Å². The first kappa shape index (κ1) is 31.1. The van der Waals surface area contributed by atoms with Gasteiger partial charge in [-0.1, -0.05) is 26.7 Å². The molecule has 0 fully saturated rings. The molecule has 0 amide bonds. The highest BCUT2D eigenvalue weighted by molar-refractivity contribution is 6.33. The zero-order valence-electron chi connectivity index (χ0n) is 26.3. The number of esters is 2. The van der Waals surface area contributed by atoms with Crippen molar-refractivity contribution in [3.8, 4) is 0 Å². The van der Waals surface area contributed by atoms with Crippen molar-refractivity contribution in [2.45, 2.75) is 39.5 Å². The number of benzene rings is 2. The molecule has 0 radical (unpaired) electrons. The molecule has 4 heterocycles. The molecule has 2 N–H and O–H groups in total. The van der Waals surface area contributed by atoms with Crippen molar-refractivity contribution in [2.24, 2.45) is 37.0 Å². The zero-order valence-corrected chi connectivity index (χ0v) is 26.3. The van der Waals surface area contributed by atoms with Gasteiger partial charge in [0.15, 0.2) is 5.84 Å². The lowest BCUT2D eigenvalue weighted by molar-refractivity contribution is 0.0490. The lowest BCUT2D eigenvalue weighted by atomic mass is 10.2. The highest BCUT2D eigenvalue weighted by Crippen LogP contribution is 2.22. The fourth-order valence-electron chi connectivity index (χ4n) is 4.63. The van der Waals surface area contributed by atoms with Gasteiger partial charge in [0.05, 0.1) is 30.0 Å². The zero-order chi connectivity index (χ0) is 32.8. The van der Waals surface area contributed by atoms with Crippen LogP contribution >= 0.6 is 0 Å². The average Bonchev–Trinajstić information content (AvgIpc) is 3.51. The first-order valence-corrected chi connectivity index (χ1v) is 15.4. The van der Waals surface area contributed by atoms with Crippen LogP contribution in [0.3, 0.4) is 0 Å². The van der Waals surface area contributed by atoms with Crippen LogP contribution in [0.1, 0.15) is 65.9 Å². The topological polar surface area (TPSA) is 159 Å². The molecule has 0 bridgehead atoms. The largest absolute Gasteiger partial charge is 0.462 e. The molecule has 240 valence electrons. The summed E-state index contributed by atoms with van der Waals surface area (Å²) in [6.45, 7) is 4.85. The Balaban J connectivity index is 1.26. The van der Waals surface area contributed by atoms with Gasteiger partial charge in [0.1, 0.15) is 0 Å². The first-order chi connectivity index (χ1) is 22.9. The van der Waals surface area contributed by atoms with E-state index < -0.39 is 0 Å². The Hall–Kier alpha value is -5.92. The van der Waals surface area contributed by atoms with E-state index in [4.69, 9.17) is 19.5 Å². The second kappa shape index (κ2) is 14.0. The van der Waals surface area contributed by atoms with Crippen LogP contribution in [0.4, 0.5) is 11.4 Å². The summed E-state index contributed by atoms with van der Waals surface area (Å²) in [5.41, 5.74) is 2.97. The van der Waals surface area contributed by atoms with Gasteiger partial charge >= 0.3 is 11.9 Å². The minimum Gasteiger partial charge on any atom is -0.462 e. The number of guanidine groups is 5. The van der Waals surface area contributed by atoms with Crippen molar-refractivity contribution >= 4 is 58.9 Å². The Bertz CT molecular complexity index is 1780. The van der Waals surface area contributed by atoms with Gasteiger partial charge in [-0.15, -0.1) is 0 Å². The molecule has 0 aliphatic carbocycles. The maximum atomic E-state index is 12.3. The summed E-state index contributed by atoms with van der Waals surface area (Å²) in [5.74, 6) is 0.961. The summed E-state index contributed by atoms with van der Waals surface area (Å²) in [6, 6.07) is 17.5. The minimum absolute atomic E-state index is 0.233. The molecular formula is C33H34N10O4. The normalized spacial score (nSPS) is 14.8. The van der Waals surface area contributed by atoms with Crippen LogP contribution in [0.2, 0.25) is 0 Å². The molecule has 14 nitrogen and oxygen atoms in total. The predicted molar refractivity (Wildman–Crippen MR) is 181 cm³/mol. The maximum Gasteiger partial charge on any atom is 0.338 e. The number of aromatic nitrogens is 1. The van der Waals surface area contributed by atoms with E-state index in [9.17, 15) is 9.59 Å². The average molecular weight is 635 g/mol. The van der Waals surface area contributed by atoms with E-state index in [1.807, 2.05) is 43.8 Å². The van der Waals surface area contributed by atoms with Gasteiger partial charge in [-0.05, 0) is 73.5 Å². The summed E-state index contributed by atoms with van der Waals surface area (Å²) >= 11 is 0. The molecule has 0 spiro atoms. The number of ether oxygens (including phenoxy) is 2. The summed E-state index contributed by atoms with van der Waals surface area (Å²) in [4.78, 5) is 54.2. The Kier molecular flexibility index (Phi) is 9.27. The third-order valence-electron chi connectivity index (χ3n) is 7.22. The number of carbonyl (C=O) groups is 2. The summed E-state index contributed by atoms with van der Waals surface area (Å²) < 4.78 is 12.5. The van der Waals surface area contributed by atoms with E-state index in [-0.39, 0.29) is 41.7 Å². The standard InChI is InChI=1S/C33H34N10O4/c1-4-6-19-46-27(44)21-10-14-23(15-11-21)34-29-38-31-36-26(25-9-8-18-42(25)3)37-32-39-30(41-33(40-29)43(31)32)35-24-16-12-22(13-17-24)28(45)47-20-7-5-2/h8-18H,4-7,19-20H2,1-3H3,(H2,34,35,36,37,38,39,40,41). The highest BCUT2D eigenvalue weighted by atomic mass is 16.5. The van der Waals surface area contributed by atoms with Crippen molar-refractivity contribution in [1.29, 1.82) is 0 Å². The van der Waals surface area contributed by atoms with Crippen LogP contribution in [0.15, 0.2) is 96.8 Å². The molecule has 2 aromatic carbocycles. The molecular weight excluding hydrogens is 600 g/mol. The molecule has 47 heavy (non-hydrogen) atoms. The van der Waals surface area contributed by atoms with Crippen LogP contribution in [-0.4, -0.2) is 70.3 Å².